The van der Waals surface area contributed by atoms with E-state index in [1.165, 1.54) is 42.5 Å². The summed E-state index contributed by atoms with van der Waals surface area (Å²) in [5.74, 6) is 0.161. The Bertz CT molecular complexity index is 1100. The van der Waals surface area contributed by atoms with E-state index in [-0.39, 0.29) is 10.0 Å². The van der Waals surface area contributed by atoms with Crippen molar-refractivity contribution >= 4 is 44.0 Å². The first kappa shape index (κ1) is 21.2. The van der Waals surface area contributed by atoms with Gasteiger partial charge in [0.25, 0.3) is 0 Å². The fourth-order valence-electron chi connectivity index (χ4n) is 2.31. The van der Waals surface area contributed by atoms with Gasteiger partial charge in [-0.25, -0.2) is 8.42 Å². The number of nitrogens with one attached hydrogen (secondary N) is 2. The molecule has 0 bridgehead atoms. The SMILES string of the molecule is COc1ccc(-c2nnc(NC(=O)C(C)NS(=O)(=O)c3ccc(Cl)cc3)s2)cc1. The number of sulfonamides is 1. The molecule has 1 amide bonds. The third-order valence-electron chi connectivity index (χ3n) is 3.84. The summed E-state index contributed by atoms with van der Waals surface area (Å²) in [6, 6.07) is 11.9. The lowest BCUT2D eigenvalue weighted by molar-refractivity contribution is -0.117. The summed E-state index contributed by atoms with van der Waals surface area (Å²) in [5, 5.41) is 11.8. The number of hydrogen-bond donors (Lipinski definition) is 2. The van der Waals surface area contributed by atoms with Crippen LogP contribution in [0.25, 0.3) is 10.6 Å². The van der Waals surface area contributed by atoms with Crippen LogP contribution in [0.5, 0.6) is 5.75 Å². The zero-order valence-corrected chi connectivity index (χ0v) is 17.8. The van der Waals surface area contributed by atoms with Crippen molar-refractivity contribution in [1.29, 1.82) is 0 Å². The van der Waals surface area contributed by atoms with Crippen molar-refractivity contribution in [2.45, 2.75) is 17.9 Å². The number of halogens is 1. The maximum Gasteiger partial charge on any atom is 0.244 e. The minimum absolute atomic E-state index is 0.0132. The Morgan fingerprint density at radius 1 is 1.10 bits per heavy atom. The fraction of sp³-hybridized carbons (Fsp3) is 0.167. The van der Waals surface area contributed by atoms with Crippen LogP contribution in [0.1, 0.15) is 6.92 Å². The zero-order chi connectivity index (χ0) is 21.0. The zero-order valence-electron chi connectivity index (χ0n) is 15.4. The molecule has 0 fully saturated rings. The van der Waals surface area contributed by atoms with Gasteiger partial charge in [-0.15, -0.1) is 10.2 Å². The van der Waals surface area contributed by atoms with E-state index in [1.807, 2.05) is 12.1 Å². The minimum Gasteiger partial charge on any atom is -0.497 e. The molecule has 0 spiro atoms. The Balaban J connectivity index is 1.65. The minimum atomic E-state index is -3.87. The second-order valence-electron chi connectivity index (χ2n) is 5.93. The van der Waals surface area contributed by atoms with Crippen LogP contribution >= 0.6 is 22.9 Å². The Kier molecular flexibility index (Phi) is 6.48. The van der Waals surface area contributed by atoms with E-state index in [0.717, 1.165) is 5.56 Å². The summed E-state index contributed by atoms with van der Waals surface area (Å²) in [5.41, 5.74) is 0.820. The third kappa shape index (κ3) is 5.30. The molecule has 29 heavy (non-hydrogen) atoms. The van der Waals surface area contributed by atoms with Crippen molar-refractivity contribution in [2.75, 3.05) is 12.4 Å². The van der Waals surface area contributed by atoms with E-state index in [2.05, 4.69) is 20.2 Å². The van der Waals surface area contributed by atoms with Gasteiger partial charge < -0.3 is 4.74 Å². The number of methoxy groups -OCH3 is 1. The molecule has 3 aromatic rings. The summed E-state index contributed by atoms with van der Waals surface area (Å²) >= 11 is 6.95. The van der Waals surface area contributed by atoms with Crippen molar-refractivity contribution in [3.8, 4) is 16.3 Å². The highest BCUT2D eigenvalue weighted by Crippen LogP contribution is 2.27. The smallest absolute Gasteiger partial charge is 0.244 e. The Morgan fingerprint density at radius 3 is 2.38 bits per heavy atom. The Morgan fingerprint density at radius 2 is 1.76 bits per heavy atom. The molecule has 152 valence electrons. The number of carbonyl (C=O) groups excluding carboxylic acids is 1. The summed E-state index contributed by atoms with van der Waals surface area (Å²) in [7, 11) is -2.29. The average molecular weight is 453 g/mol. The summed E-state index contributed by atoms with van der Waals surface area (Å²) < 4.78 is 32.2. The van der Waals surface area contributed by atoms with Crippen molar-refractivity contribution in [3.05, 3.63) is 53.6 Å². The predicted molar refractivity (Wildman–Crippen MR) is 112 cm³/mol. The van der Waals surface area contributed by atoms with Gasteiger partial charge >= 0.3 is 0 Å². The molecule has 8 nitrogen and oxygen atoms in total. The molecule has 1 atom stereocenters. The van der Waals surface area contributed by atoms with E-state index >= 15 is 0 Å². The molecule has 1 aromatic heterocycles. The lowest BCUT2D eigenvalue weighted by Gasteiger charge is -2.13. The topological polar surface area (TPSA) is 110 Å². The van der Waals surface area contributed by atoms with E-state index in [9.17, 15) is 13.2 Å². The maximum atomic E-state index is 12.4. The first-order chi connectivity index (χ1) is 13.8. The van der Waals surface area contributed by atoms with E-state index < -0.39 is 22.0 Å². The van der Waals surface area contributed by atoms with E-state index in [1.54, 1.807) is 19.2 Å². The number of aromatic nitrogens is 2. The van der Waals surface area contributed by atoms with Crippen molar-refractivity contribution in [1.82, 2.24) is 14.9 Å². The van der Waals surface area contributed by atoms with Gasteiger partial charge in [0.15, 0.2) is 0 Å². The molecule has 0 saturated heterocycles. The summed E-state index contributed by atoms with van der Waals surface area (Å²) in [6.07, 6.45) is 0. The number of nitrogens with zero attached hydrogens (tertiary/aromatic N) is 2. The predicted octanol–water partition coefficient (Wildman–Crippen LogP) is 3.17. The Labute approximate surface area is 176 Å². The van der Waals surface area contributed by atoms with Crippen LogP contribution < -0.4 is 14.8 Å². The highest BCUT2D eigenvalue weighted by atomic mass is 35.5. The maximum absolute atomic E-state index is 12.4. The van der Waals surface area contributed by atoms with Gasteiger partial charge in [0.1, 0.15) is 10.8 Å². The molecule has 0 radical (unpaired) electrons. The normalized spacial score (nSPS) is 12.4. The second-order valence-corrected chi connectivity index (χ2v) is 9.05. The van der Waals surface area contributed by atoms with Crippen LogP contribution in [-0.2, 0) is 14.8 Å². The number of carbonyl (C=O) groups is 1. The van der Waals surface area contributed by atoms with Crippen LogP contribution in [0.4, 0.5) is 5.13 Å². The van der Waals surface area contributed by atoms with Gasteiger partial charge in [-0.3, -0.25) is 10.1 Å². The van der Waals surface area contributed by atoms with Crippen LogP contribution in [0.3, 0.4) is 0 Å². The highest BCUT2D eigenvalue weighted by Gasteiger charge is 2.23. The summed E-state index contributed by atoms with van der Waals surface area (Å²) in [4.78, 5) is 12.4. The molecular formula is C18H17ClN4O4S2. The number of anilines is 1. The number of amides is 1. The van der Waals surface area contributed by atoms with Crippen molar-refractivity contribution < 1.29 is 17.9 Å². The van der Waals surface area contributed by atoms with Gasteiger partial charge in [-0.2, -0.15) is 4.72 Å². The third-order valence-corrected chi connectivity index (χ3v) is 6.54. The number of hydrogen-bond acceptors (Lipinski definition) is 7. The van der Waals surface area contributed by atoms with Crippen LogP contribution in [0, 0.1) is 0 Å². The quantitative estimate of drug-likeness (QED) is 0.569. The van der Waals surface area contributed by atoms with Crippen molar-refractivity contribution in [3.63, 3.8) is 0 Å². The average Bonchev–Trinajstić information content (AvgIpc) is 3.16. The first-order valence-electron chi connectivity index (χ1n) is 8.35. The summed E-state index contributed by atoms with van der Waals surface area (Å²) in [6.45, 7) is 1.44. The lowest BCUT2D eigenvalue weighted by Crippen LogP contribution is -2.41. The lowest BCUT2D eigenvalue weighted by atomic mass is 10.2. The number of rotatable bonds is 7. The molecule has 3 rings (SSSR count). The molecule has 0 aliphatic carbocycles. The molecule has 0 aliphatic rings. The number of benzene rings is 2. The van der Waals surface area contributed by atoms with Gasteiger partial charge in [-0.1, -0.05) is 22.9 Å². The van der Waals surface area contributed by atoms with E-state index in [0.29, 0.717) is 15.8 Å². The molecule has 1 unspecified atom stereocenters. The Hall–Kier alpha value is -2.53. The monoisotopic (exact) mass is 452 g/mol. The fourth-order valence-corrected chi connectivity index (χ4v) is 4.39. The van der Waals surface area contributed by atoms with Crippen LogP contribution in [0.2, 0.25) is 5.02 Å². The van der Waals surface area contributed by atoms with Gasteiger partial charge in [0, 0.05) is 10.6 Å². The molecule has 2 aromatic carbocycles. The molecular weight excluding hydrogens is 436 g/mol. The standard InChI is InChI=1S/C18H17ClN4O4S2/c1-11(23-29(25,26)15-9-5-13(19)6-10-15)16(24)20-18-22-21-17(28-18)12-3-7-14(27-2)8-4-12/h3-11,23H,1-2H3,(H,20,22,24). The highest BCUT2D eigenvalue weighted by molar-refractivity contribution is 7.89. The van der Waals surface area contributed by atoms with Crippen LogP contribution in [0.15, 0.2) is 53.4 Å². The van der Waals surface area contributed by atoms with E-state index in [4.69, 9.17) is 16.3 Å². The van der Waals surface area contributed by atoms with Gasteiger partial charge in [0.05, 0.1) is 18.0 Å². The second kappa shape index (κ2) is 8.87. The van der Waals surface area contributed by atoms with Gasteiger partial charge in [0.2, 0.25) is 21.1 Å². The van der Waals surface area contributed by atoms with Crippen LogP contribution in [-0.4, -0.2) is 37.7 Å². The molecule has 11 heteroatoms. The first-order valence-corrected chi connectivity index (χ1v) is 11.0. The molecule has 0 aliphatic heterocycles. The molecule has 2 N–H and O–H groups in total. The number of ether oxygens (including phenoxy) is 1. The van der Waals surface area contributed by atoms with Gasteiger partial charge in [-0.05, 0) is 55.5 Å². The largest absolute Gasteiger partial charge is 0.497 e. The van der Waals surface area contributed by atoms with Crippen molar-refractivity contribution in [2.24, 2.45) is 0 Å². The molecule has 1 heterocycles. The molecule has 0 saturated carbocycles.